The lowest BCUT2D eigenvalue weighted by Crippen LogP contribution is -2.22. The summed E-state index contributed by atoms with van der Waals surface area (Å²) in [6.45, 7) is 0.534. The van der Waals surface area contributed by atoms with E-state index in [2.05, 4.69) is 26.2 Å². The Hall–Kier alpha value is -0.940. The van der Waals surface area contributed by atoms with Crippen molar-refractivity contribution in [3.63, 3.8) is 0 Å². The van der Waals surface area contributed by atoms with E-state index in [1.807, 2.05) is 24.3 Å². The number of amides is 1. The summed E-state index contributed by atoms with van der Waals surface area (Å²) >= 11 is 4.99. The van der Waals surface area contributed by atoms with Crippen molar-refractivity contribution in [3.05, 3.63) is 29.3 Å². The van der Waals surface area contributed by atoms with Gasteiger partial charge in [0.15, 0.2) is 0 Å². The van der Waals surface area contributed by atoms with Gasteiger partial charge in [-0.25, -0.2) is 4.98 Å². The van der Waals surface area contributed by atoms with Crippen LogP contribution >= 0.6 is 27.3 Å². The molecule has 5 heteroatoms. The van der Waals surface area contributed by atoms with E-state index in [-0.39, 0.29) is 5.91 Å². The number of nitrogens with zero attached hydrogens (tertiary/aromatic N) is 1. The molecule has 1 aromatic carbocycles. The normalized spacial score (nSPS) is 10.7. The number of carbonyl (C=O) groups is 1. The maximum Gasteiger partial charge on any atom is 0.220 e. The Morgan fingerprint density at radius 2 is 2.17 bits per heavy atom. The molecule has 0 spiro atoms. The highest BCUT2D eigenvalue weighted by molar-refractivity contribution is 9.09. The second-order valence-corrected chi connectivity index (χ2v) is 5.91. The topological polar surface area (TPSA) is 42.0 Å². The van der Waals surface area contributed by atoms with Gasteiger partial charge >= 0.3 is 0 Å². The summed E-state index contributed by atoms with van der Waals surface area (Å²) in [6, 6.07) is 8.02. The Balaban J connectivity index is 1.84. The number of alkyl halides is 1. The first-order valence-corrected chi connectivity index (χ1v) is 7.90. The molecule has 18 heavy (non-hydrogen) atoms. The fraction of sp³-hybridized carbons (Fsp3) is 0.385. The number of hydrogen-bond donors (Lipinski definition) is 1. The number of unbranched alkanes of at least 4 members (excludes halogenated alkanes) is 1. The first kappa shape index (κ1) is 13.5. The minimum atomic E-state index is 0.107. The van der Waals surface area contributed by atoms with Crippen LogP contribution in [0, 0.1) is 0 Å². The van der Waals surface area contributed by atoms with Crippen LogP contribution in [0.1, 0.15) is 24.3 Å². The van der Waals surface area contributed by atoms with Gasteiger partial charge in [0, 0.05) is 11.8 Å². The third-order valence-corrected chi connectivity index (χ3v) is 4.16. The first-order chi connectivity index (χ1) is 8.79. The highest BCUT2D eigenvalue weighted by Crippen LogP contribution is 2.21. The second-order valence-electron chi connectivity index (χ2n) is 4.00. The molecule has 1 aromatic heterocycles. The monoisotopic (exact) mass is 326 g/mol. The van der Waals surface area contributed by atoms with E-state index in [9.17, 15) is 4.79 Å². The fourth-order valence-electron chi connectivity index (χ4n) is 1.64. The molecule has 1 heterocycles. The van der Waals surface area contributed by atoms with Gasteiger partial charge in [-0.3, -0.25) is 4.79 Å². The maximum atomic E-state index is 11.6. The number of aromatic nitrogens is 1. The molecule has 2 rings (SSSR count). The largest absolute Gasteiger partial charge is 0.350 e. The van der Waals surface area contributed by atoms with E-state index in [0.29, 0.717) is 13.0 Å². The zero-order valence-electron chi connectivity index (χ0n) is 9.99. The molecule has 1 amide bonds. The van der Waals surface area contributed by atoms with E-state index in [4.69, 9.17) is 0 Å². The van der Waals surface area contributed by atoms with E-state index in [1.54, 1.807) is 11.3 Å². The summed E-state index contributed by atoms with van der Waals surface area (Å²) in [6.07, 6.45) is 2.56. The Kier molecular flexibility index (Phi) is 5.13. The molecule has 3 nitrogen and oxygen atoms in total. The number of rotatable bonds is 6. The molecule has 0 aliphatic rings. The second kappa shape index (κ2) is 6.85. The van der Waals surface area contributed by atoms with Gasteiger partial charge in [0.2, 0.25) is 5.91 Å². The van der Waals surface area contributed by atoms with Gasteiger partial charge in [0.1, 0.15) is 5.01 Å². The minimum absolute atomic E-state index is 0.107. The first-order valence-electron chi connectivity index (χ1n) is 5.96. The van der Waals surface area contributed by atoms with Gasteiger partial charge in [-0.15, -0.1) is 11.3 Å². The smallest absolute Gasteiger partial charge is 0.220 e. The molecule has 2 aromatic rings. The van der Waals surface area contributed by atoms with Gasteiger partial charge < -0.3 is 5.32 Å². The van der Waals surface area contributed by atoms with E-state index < -0.39 is 0 Å². The van der Waals surface area contributed by atoms with E-state index >= 15 is 0 Å². The Labute approximate surface area is 119 Å². The summed E-state index contributed by atoms with van der Waals surface area (Å²) in [4.78, 5) is 16.0. The quantitative estimate of drug-likeness (QED) is 0.652. The van der Waals surface area contributed by atoms with Gasteiger partial charge in [0.25, 0.3) is 0 Å². The van der Waals surface area contributed by atoms with Crippen molar-refractivity contribution in [2.45, 2.75) is 25.8 Å². The highest BCUT2D eigenvalue weighted by atomic mass is 79.9. The van der Waals surface area contributed by atoms with Crippen molar-refractivity contribution in [1.29, 1.82) is 0 Å². The maximum absolute atomic E-state index is 11.6. The molecule has 0 aliphatic carbocycles. The number of fused-ring (bicyclic) bond motifs is 1. The van der Waals surface area contributed by atoms with Crippen molar-refractivity contribution >= 4 is 43.4 Å². The van der Waals surface area contributed by atoms with Crippen molar-refractivity contribution in [2.24, 2.45) is 0 Å². The number of halogens is 1. The molecule has 0 saturated heterocycles. The molecular formula is C13H15BrN2OS. The van der Waals surface area contributed by atoms with Crippen LogP contribution in [0.2, 0.25) is 0 Å². The standard InChI is InChI=1S/C13H15BrN2OS/c14-8-4-3-7-12(17)15-9-13-16-10-5-1-2-6-11(10)18-13/h1-2,5-6H,3-4,7-9H2,(H,15,17). The molecule has 0 unspecified atom stereocenters. The molecule has 0 fully saturated rings. The molecule has 0 saturated carbocycles. The van der Waals surface area contributed by atoms with Gasteiger partial charge in [-0.2, -0.15) is 0 Å². The van der Waals surface area contributed by atoms with Gasteiger partial charge in [0.05, 0.1) is 16.8 Å². The van der Waals surface area contributed by atoms with Crippen LogP contribution in [-0.4, -0.2) is 16.2 Å². The van der Waals surface area contributed by atoms with Crippen LogP contribution in [0.25, 0.3) is 10.2 Å². The van der Waals surface area contributed by atoms with Crippen LogP contribution < -0.4 is 5.32 Å². The lowest BCUT2D eigenvalue weighted by molar-refractivity contribution is -0.121. The zero-order valence-corrected chi connectivity index (χ0v) is 12.4. The highest BCUT2D eigenvalue weighted by Gasteiger charge is 2.05. The van der Waals surface area contributed by atoms with Crippen molar-refractivity contribution < 1.29 is 4.79 Å². The number of thiazole rings is 1. The molecule has 1 N–H and O–H groups in total. The van der Waals surface area contributed by atoms with Crippen LogP contribution in [0.15, 0.2) is 24.3 Å². The fourth-order valence-corrected chi connectivity index (χ4v) is 2.94. The Morgan fingerprint density at radius 1 is 1.33 bits per heavy atom. The number of nitrogens with one attached hydrogen (secondary N) is 1. The predicted octanol–water partition coefficient (Wildman–Crippen LogP) is 3.48. The minimum Gasteiger partial charge on any atom is -0.350 e. The lowest BCUT2D eigenvalue weighted by atomic mass is 10.2. The van der Waals surface area contributed by atoms with E-state index in [1.165, 1.54) is 4.70 Å². The number of para-hydroxylation sites is 1. The zero-order chi connectivity index (χ0) is 12.8. The van der Waals surface area contributed by atoms with Gasteiger partial charge in [-0.05, 0) is 25.0 Å². The summed E-state index contributed by atoms with van der Waals surface area (Å²) in [5, 5.41) is 4.83. The Morgan fingerprint density at radius 3 is 2.94 bits per heavy atom. The third kappa shape index (κ3) is 3.78. The Bertz CT molecular complexity index is 493. The number of carbonyl (C=O) groups excluding carboxylic acids is 1. The molecular weight excluding hydrogens is 312 g/mol. The lowest BCUT2D eigenvalue weighted by Gasteiger charge is -2.01. The molecule has 0 radical (unpaired) electrons. The van der Waals surface area contributed by atoms with Crippen molar-refractivity contribution in [3.8, 4) is 0 Å². The predicted molar refractivity (Wildman–Crippen MR) is 79.1 cm³/mol. The third-order valence-electron chi connectivity index (χ3n) is 2.56. The van der Waals surface area contributed by atoms with Crippen molar-refractivity contribution in [1.82, 2.24) is 10.3 Å². The summed E-state index contributed by atoms with van der Waals surface area (Å²) in [5.41, 5.74) is 1.01. The van der Waals surface area contributed by atoms with Crippen molar-refractivity contribution in [2.75, 3.05) is 5.33 Å². The van der Waals surface area contributed by atoms with E-state index in [0.717, 1.165) is 28.7 Å². The molecule has 96 valence electrons. The average molecular weight is 327 g/mol. The molecule has 0 atom stereocenters. The summed E-state index contributed by atoms with van der Waals surface area (Å²) in [5.74, 6) is 0.107. The SMILES string of the molecule is O=C(CCCCBr)NCc1nc2ccccc2s1. The average Bonchev–Trinajstić information content (AvgIpc) is 2.79. The van der Waals surface area contributed by atoms with Crippen LogP contribution in [0.5, 0.6) is 0 Å². The number of hydrogen-bond acceptors (Lipinski definition) is 3. The van der Waals surface area contributed by atoms with Crippen LogP contribution in [-0.2, 0) is 11.3 Å². The molecule has 0 aliphatic heterocycles. The van der Waals surface area contributed by atoms with Crippen LogP contribution in [0.3, 0.4) is 0 Å². The van der Waals surface area contributed by atoms with Crippen LogP contribution in [0.4, 0.5) is 0 Å². The summed E-state index contributed by atoms with van der Waals surface area (Å²) in [7, 11) is 0. The summed E-state index contributed by atoms with van der Waals surface area (Å²) < 4.78 is 1.17. The molecule has 0 bridgehead atoms. The van der Waals surface area contributed by atoms with Gasteiger partial charge in [-0.1, -0.05) is 28.1 Å². The number of benzene rings is 1.